The summed E-state index contributed by atoms with van der Waals surface area (Å²) in [6, 6.07) is 1.01. The summed E-state index contributed by atoms with van der Waals surface area (Å²) < 4.78 is 10.7. The smallest absolute Gasteiger partial charge is 0.334 e. The van der Waals surface area contributed by atoms with Crippen LogP contribution in [0.25, 0.3) is 0 Å². The zero-order valence-electron chi connectivity index (χ0n) is 9.39. The second-order valence-electron chi connectivity index (χ2n) is 3.47. The van der Waals surface area contributed by atoms with Crippen LogP contribution in [0.15, 0.2) is 4.99 Å². The van der Waals surface area contributed by atoms with Gasteiger partial charge in [-0.05, 0) is 32.9 Å². The Morgan fingerprint density at radius 1 is 1.23 bits per heavy atom. The Balaban J connectivity index is 3.68. The molecule has 0 rings (SSSR count). The molecule has 0 atom stereocenters. The summed E-state index contributed by atoms with van der Waals surface area (Å²) in [6.07, 6.45) is 1.05. The van der Waals surface area contributed by atoms with Crippen LogP contribution in [0.1, 0.15) is 20.3 Å². The van der Waals surface area contributed by atoms with Gasteiger partial charge in [-0.2, -0.15) is 0 Å². The van der Waals surface area contributed by atoms with Crippen molar-refractivity contribution in [3.8, 4) is 0 Å². The van der Waals surface area contributed by atoms with E-state index in [1.807, 2.05) is 13.8 Å². The van der Waals surface area contributed by atoms with E-state index in [2.05, 4.69) is 11.5 Å². The number of hydrogen-bond donors (Lipinski definition) is 0. The molecular weight excluding hydrogens is 182 g/mol. The van der Waals surface area contributed by atoms with E-state index in [1.54, 1.807) is 14.2 Å². The molecule has 0 aliphatic heterocycles. The van der Waals surface area contributed by atoms with E-state index in [0.717, 1.165) is 24.7 Å². The van der Waals surface area contributed by atoms with E-state index in [-0.39, 0.29) is 0 Å². The molecule has 0 amide bonds. The molecule has 78 valence electrons. The fourth-order valence-electron chi connectivity index (χ4n) is 0.990. The topological polar surface area (TPSA) is 30.8 Å². The molecule has 0 spiro atoms. The maximum Gasteiger partial charge on any atom is 0.334 e. The quantitative estimate of drug-likeness (QED) is 0.376. The molecule has 13 heavy (non-hydrogen) atoms. The Kier molecular flexibility index (Phi) is 6.20. The predicted octanol–water partition coefficient (Wildman–Crippen LogP) is 2.22. The average molecular weight is 203 g/mol. The van der Waals surface area contributed by atoms with Gasteiger partial charge in [-0.15, -0.1) is 0 Å². The van der Waals surface area contributed by atoms with Gasteiger partial charge >= 0.3 is 8.56 Å². The molecule has 0 N–H and O–H groups in total. The Labute approximate surface area is 82.4 Å². The molecule has 0 aliphatic carbocycles. The molecule has 0 unspecified atom stereocenters. The first-order chi connectivity index (χ1) is 6.04. The normalized spacial score (nSPS) is 11.5. The van der Waals surface area contributed by atoms with E-state index >= 15 is 0 Å². The lowest BCUT2D eigenvalue weighted by atomic mass is 10.4. The highest BCUT2D eigenvalue weighted by atomic mass is 28.4. The molecule has 0 aromatic heterocycles. The molecular formula is C9H21NO2Si. The number of rotatable bonds is 6. The zero-order chi connectivity index (χ0) is 10.3. The van der Waals surface area contributed by atoms with Crippen LogP contribution in [0.2, 0.25) is 12.6 Å². The Hall–Kier alpha value is -0.193. The highest BCUT2D eigenvalue weighted by Gasteiger charge is 2.27. The molecule has 0 saturated heterocycles. The number of nitrogens with zero attached hydrogens (tertiary/aromatic N) is 1. The van der Waals surface area contributed by atoms with E-state index in [9.17, 15) is 0 Å². The molecule has 0 saturated carbocycles. The van der Waals surface area contributed by atoms with Crippen LogP contribution in [0, 0.1) is 0 Å². The monoisotopic (exact) mass is 203 g/mol. The summed E-state index contributed by atoms with van der Waals surface area (Å²) in [6.45, 7) is 7.00. The van der Waals surface area contributed by atoms with Crippen LogP contribution in [0.5, 0.6) is 0 Å². The summed E-state index contributed by atoms with van der Waals surface area (Å²) >= 11 is 0. The van der Waals surface area contributed by atoms with E-state index < -0.39 is 8.56 Å². The molecule has 0 aromatic carbocycles. The Bertz CT molecular complexity index is 163. The first-order valence-corrected chi connectivity index (χ1v) is 7.14. The van der Waals surface area contributed by atoms with Crippen LogP contribution in [-0.2, 0) is 8.85 Å². The second kappa shape index (κ2) is 6.29. The first kappa shape index (κ1) is 12.8. The maximum atomic E-state index is 5.36. The minimum atomic E-state index is -1.84. The lowest BCUT2D eigenvalue weighted by Gasteiger charge is -2.22. The predicted molar refractivity (Wildman–Crippen MR) is 58.7 cm³/mol. The SMILES string of the molecule is CO[Si](C)(CCCN=C(C)C)OC. The van der Waals surface area contributed by atoms with E-state index in [1.165, 1.54) is 0 Å². The summed E-state index contributed by atoms with van der Waals surface area (Å²) in [5.41, 5.74) is 1.14. The summed E-state index contributed by atoms with van der Waals surface area (Å²) in [5, 5.41) is 0. The fraction of sp³-hybridized carbons (Fsp3) is 0.889. The lowest BCUT2D eigenvalue weighted by molar-refractivity contribution is 0.249. The lowest BCUT2D eigenvalue weighted by Crippen LogP contribution is -2.35. The van der Waals surface area contributed by atoms with Crippen molar-refractivity contribution in [1.82, 2.24) is 0 Å². The van der Waals surface area contributed by atoms with Crippen molar-refractivity contribution in [2.75, 3.05) is 20.8 Å². The molecule has 0 radical (unpaired) electrons. The van der Waals surface area contributed by atoms with Gasteiger partial charge in [0.25, 0.3) is 0 Å². The van der Waals surface area contributed by atoms with Crippen molar-refractivity contribution < 1.29 is 8.85 Å². The van der Waals surface area contributed by atoms with Gasteiger partial charge in [-0.1, -0.05) is 0 Å². The first-order valence-electron chi connectivity index (χ1n) is 4.62. The summed E-state index contributed by atoms with van der Waals surface area (Å²) in [7, 11) is 1.61. The summed E-state index contributed by atoms with van der Waals surface area (Å²) in [5.74, 6) is 0. The highest BCUT2D eigenvalue weighted by molar-refractivity contribution is 6.65. The van der Waals surface area contributed by atoms with Gasteiger partial charge in [0.05, 0.1) is 0 Å². The zero-order valence-corrected chi connectivity index (χ0v) is 10.4. The van der Waals surface area contributed by atoms with Crippen molar-refractivity contribution in [3.05, 3.63) is 0 Å². The van der Waals surface area contributed by atoms with Gasteiger partial charge < -0.3 is 8.85 Å². The van der Waals surface area contributed by atoms with Crippen LogP contribution in [0.4, 0.5) is 0 Å². The van der Waals surface area contributed by atoms with Gasteiger partial charge in [-0.3, -0.25) is 4.99 Å². The summed E-state index contributed by atoms with van der Waals surface area (Å²) in [4.78, 5) is 4.32. The second-order valence-corrected chi connectivity index (χ2v) is 7.06. The van der Waals surface area contributed by atoms with E-state index in [4.69, 9.17) is 8.85 Å². The molecule has 0 bridgehead atoms. The highest BCUT2D eigenvalue weighted by Crippen LogP contribution is 2.13. The minimum Gasteiger partial charge on any atom is -0.398 e. The third-order valence-electron chi connectivity index (χ3n) is 2.08. The molecule has 0 aliphatic rings. The molecule has 0 aromatic rings. The van der Waals surface area contributed by atoms with Crippen molar-refractivity contribution in [3.63, 3.8) is 0 Å². The largest absolute Gasteiger partial charge is 0.398 e. The van der Waals surface area contributed by atoms with E-state index in [0.29, 0.717) is 0 Å². The van der Waals surface area contributed by atoms with Gasteiger partial charge in [0, 0.05) is 26.5 Å². The standard InChI is InChI=1S/C9H21NO2Si/c1-9(2)10-7-6-8-13(5,11-3)12-4/h6-8H2,1-5H3. The Morgan fingerprint density at radius 3 is 2.15 bits per heavy atom. The Morgan fingerprint density at radius 2 is 1.77 bits per heavy atom. The molecule has 4 heteroatoms. The van der Waals surface area contributed by atoms with Crippen LogP contribution < -0.4 is 0 Å². The van der Waals surface area contributed by atoms with Crippen molar-refractivity contribution >= 4 is 14.3 Å². The third kappa shape index (κ3) is 5.96. The third-order valence-corrected chi connectivity index (χ3v) is 5.07. The van der Waals surface area contributed by atoms with Gasteiger partial charge in [0.15, 0.2) is 0 Å². The van der Waals surface area contributed by atoms with Gasteiger partial charge in [0.2, 0.25) is 0 Å². The number of aliphatic imine (C=N–C) groups is 1. The van der Waals surface area contributed by atoms with Crippen LogP contribution >= 0.6 is 0 Å². The van der Waals surface area contributed by atoms with Crippen LogP contribution in [0.3, 0.4) is 0 Å². The fourth-order valence-corrected chi connectivity index (χ4v) is 2.37. The molecule has 3 nitrogen and oxygen atoms in total. The molecule has 0 fully saturated rings. The average Bonchev–Trinajstić information content (AvgIpc) is 2.12. The minimum absolute atomic E-state index is 0.887. The van der Waals surface area contributed by atoms with Crippen molar-refractivity contribution in [2.24, 2.45) is 4.99 Å². The van der Waals surface area contributed by atoms with Crippen molar-refractivity contribution in [2.45, 2.75) is 32.9 Å². The molecule has 0 heterocycles. The maximum absolute atomic E-state index is 5.36. The van der Waals surface area contributed by atoms with Crippen LogP contribution in [-0.4, -0.2) is 35.0 Å². The number of hydrogen-bond acceptors (Lipinski definition) is 3. The van der Waals surface area contributed by atoms with Gasteiger partial charge in [-0.25, -0.2) is 0 Å². The van der Waals surface area contributed by atoms with Gasteiger partial charge in [0.1, 0.15) is 0 Å². The van der Waals surface area contributed by atoms with Crippen molar-refractivity contribution in [1.29, 1.82) is 0 Å².